The van der Waals surface area contributed by atoms with Crippen LogP contribution in [0.4, 0.5) is 0 Å². The Bertz CT molecular complexity index is 1080. The number of carboxylic acid groups (broad SMARTS) is 1. The zero-order valence-corrected chi connectivity index (χ0v) is 27.1. The fourth-order valence-electron chi connectivity index (χ4n) is 3.66. The molecule has 6 heteroatoms. The molecule has 1 aliphatic heterocycles. The van der Waals surface area contributed by atoms with Crippen LogP contribution in [0.1, 0.15) is 72.9 Å². The van der Waals surface area contributed by atoms with Gasteiger partial charge in [-0.25, -0.2) is 0 Å². The summed E-state index contributed by atoms with van der Waals surface area (Å²) in [5, 5.41) is 9.27. The maximum absolute atomic E-state index is 11.3. The van der Waals surface area contributed by atoms with Crippen LogP contribution in [0.5, 0.6) is 5.75 Å². The minimum absolute atomic E-state index is 0.223. The van der Waals surface area contributed by atoms with Crippen LogP contribution in [0.3, 0.4) is 0 Å². The molecule has 0 aliphatic carbocycles. The van der Waals surface area contributed by atoms with Gasteiger partial charge in [-0.05, 0) is 61.7 Å². The minimum Gasteiger partial charge on any atom is -0.493 e. The lowest BCUT2D eigenvalue weighted by Crippen LogP contribution is -2.20. The van der Waals surface area contributed by atoms with Gasteiger partial charge in [-0.15, -0.1) is 0 Å². The van der Waals surface area contributed by atoms with Gasteiger partial charge in [0.1, 0.15) is 18.1 Å². The van der Waals surface area contributed by atoms with Crippen LogP contribution >= 0.6 is 0 Å². The maximum atomic E-state index is 11.3. The van der Waals surface area contributed by atoms with E-state index in [0.29, 0.717) is 38.6 Å². The van der Waals surface area contributed by atoms with Crippen molar-refractivity contribution in [2.24, 2.45) is 16.8 Å². The van der Waals surface area contributed by atoms with Crippen molar-refractivity contribution in [2.75, 3.05) is 19.8 Å². The Morgan fingerprint density at radius 2 is 1.71 bits per heavy atom. The van der Waals surface area contributed by atoms with Crippen LogP contribution in [0.2, 0.25) is 0 Å². The van der Waals surface area contributed by atoms with Gasteiger partial charge < -0.3 is 19.3 Å². The van der Waals surface area contributed by atoms with E-state index in [4.69, 9.17) is 14.2 Å². The van der Waals surface area contributed by atoms with Crippen LogP contribution in [0, 0.1) is 11.8 Å². The Balaban J connectivity index is 0.00000144. The third-order valence-corrected chi connectivity index (χ3v) is 5.96. The molecule has 0 bridgehead atoms. The summed E-state index contributed by atoms with van der Waals surface area (Å²) in [6.45, 7) is 21.4. The van der Waals surface area contributed by atoms with Crippen molar-refractivity contribution in [1.29, 1.82) is 0 Å². The summed E-state index contributed by atoms with van der Waals surface area (Å²) in [7, 11) is 0. The molecule has 1 N–H and O–H groups in total. The zero-order valence-electron chi connectivity index (χ0n) is 27.1. The first kappa shape index (κ1) is 38.4. The third-order valence-electron chi connectivity index (χ3n) is 5.96. The fourth-order valence-corrected chi connectivity index (χ4v) is 3.66. The SMILES string of the molecule is C=N/C(CCOc1ccc2c(c1)COCC(C(=O)O)C2)=C(/C)OCC(/C=C\C(C)C)=C/C.CC.CC.c1ccccc1. The van der Waals surface area contributed by atoms with Crippen molar-refractivity contribution >= 4 is 12.7 Å². The quantitative estimate of drug-likeness (QED) is 0.163. The lowest BCUT2D eigenvalue weighted by molar-refractivity contribution is -0.143. The number of rotatable bonds is 11. The molecule has 6 nitrogen and oxygen atoms in total. The molecule has 1 atom stereocenters. The first-order valence-corrected chi connectivity index (χ1v) is 15.0. The topological polar surface area (TPSA) is 77.4 Å². The van der Waals surface area contributed by atoms with Crippen molar-refractivity contribution in [2.45, 2.75) is 74.8 Å². The van der Waals surface area contributed by atoms with E-state index >= 15 is 0 Å². The van der Waals surface area contributed by atoms with E-state index in [1.807, 2.05) is 102 Å². The average molecular weight is 580 g/mol. The molecule has 0 amide bonds. The van der Waals surface area contributed by atoms with Gasteiger partial charge in [-0.3, -0.25) is 9.79 Å². The Hall–Kier alpha value is -3.64. The first-order chi connectivity index (χ1) is 20.3. The van der Waals surface area contributed by atoms with Gasteiger partial charge in [0.05, 0.1) is 31.4 Å². The Morgan fingerprint density at radius 1 is 1.10 bits per heavy atom. The fraction of sp³-hybridized carbons (Fsp3) is 0.444. The molecule has 0 saturated heterocycles. The smallest absolute Gasteiger partial charge is 0.309 e. The van der Waals surface area contributed by atoms with Crippen molar-refractivity contribution in [3.63, 3.8) is 0 Å². The molecule has 1 unspecified atom stereocenters. The molecule has 0 radical (unpaired) electrons. The third kappa shape index (κ3) is 16.0. The summed E-state index contributed by atoms with van der Waals surface area (Å²) in [6.07, 6.45) is 7.30. The lowest BCUT2D eigenvalue weighted by atomic mass is 9.97. The highest BCUT2D eigenvalue weighted by molar-refractivity contribution is 5.70. The van der Waals surface area contributed by atoms with Gasteiger partial charge in [0.25, 0.3) is 0 Å². The van der Waals surface area contributed by atoms with Crippen molar-refractivity contribution in [1.82, 2.24) is 0 Å². The second-order valence-corrected chi connectivity index (χ2v) is 9.35. The number of allylic oxidation sites excluding steroid dienone is 3. The molecule has 3 rings (SSSR count). The van der Waals surface area contributed by atoms with Crippen LogP contribution < -0.4 is 4.74 Å². The summed E-state index contributed by atoms with van der Waals surface area (Å²) in [4.78, 5) is 15.4. The molecular formula is C36H53NO5. The van der Waals surface area contributed by atoms with Gasteiger partial charge in [-0.2, -0.15) is 0 Å². The van der Waals surface area contributed by atoms with Gasteiger partial charge in [0.2, 0.25) is 0 Å². The normalized spacial score (nSPS) is 14.8. The average Bonchev–Trinajstić information content (AvgIpc) is 3.25. The van der Waals surface area contributed by atoms with Crippen LogP contribution in [0.25, 0.3) is 0 Å². The second kappa shape index (κ2) is 24.0. The second-order valence-electron chi connectivity index (χ2n) is 9.35. The largest absolute Gasteiger partial charge is 0.493 e. The molecule has 1 heterocycles. The number of aliphatic carboxylic acids is 1. The van der Waals surface area contributed by atoms with Crippen molar-refractivity contribution < 1.29 is 24.1 Å². The number of nitrogens with zero attached hydrogens (tertiary/aromatic N) is 1. The van der Waals surface area contributed by atoms with Crippen molar-refractivity contribution in [3.05, 3.63) is 101 Å². The molecule has 0 fully saturated rings. The maximum Gasteiger partial charge on any atom is 0.309 e. The van der Waals surface area contributed by atoms with E-state index in [-0.39, 0.29) is 6.61 Å². The molecule has 232 valence electrons. The number of aliphatic imine (C=N–C) groups is 1. The predicted octanol–water partition coefficient (Wildman–Crippen LogP) is 9.08. The van der Waals surface area contributed by atoms with Crippen LogP contribution in [0.15, 0.2) is 94.8 Å². The van der Waals surface area contributed by atoms with E-state index < -0.39 is 11.9 Å². The van der Waals surface area contributed by atoms with E-state index in [0.717, 1.165) is 33.9 Å². The van der Waals surface area contributed by atoms with Gasteiger partial charge in [0.15, 0.2) is 0 Å². The standard InChI is InChI=1S/C26H35NO5.C6H6.2C2H6/c1-6-20(8-7-18(2)3)15-32-19(4)25(27-5)11-12-31-24-10-9-21-13-23(26(28)29)17-30-16-22(21)14-24;1-2-4-6-5-3-1;2*1-2/h6-10,14,18,23H,5,11-13,15-17H2,1-4H3,(H,28,29);1-6H;2*1-2H3/b8-7-,20-6+,25-19-;;;. The van der Waals surface area contributed by atoms with E-state index in [1.165, 1.54) is 0 Å². The highest BCUT2D eigenvalue weighted by atomic mass is 16.5. The lowest BCUT2D eigenvalue weighted by Gasteiger charge is -2.13. The number of carboxylic acids is 1. The van der Waals surface area contributed by atoms with E-state index in [1.54, 1.807) is 0 Å². The molecule has 0 aromatic heterocycles. The van der Waals surface area contributed by atoms with Crippen LogP contribution in [-0.4, -0.2) is 37.6 Å². The van der Waals surface area contributed by atoms with Crippen molar-refractivity contribution in [3.8, 4) is 5.75 Å². The zero-order chi connectivity index (χ0) is 31.8. The highest BCUT2D eigenvalue weighted by Crippen LogP contribution is 2.25. The minimum atomic E-state index is -0.829. The number of benzene rings is 2. The Labute approximate surface area is 254 Å². The number of hydrogen-bond donors (Lipinski definition) is 1. The summed E-state index contributed by atoms with van der Waals surface area (Å²) in [5.74, 6) is 0.599. The van der Waals surface area contributed by atoms with Crippen LogP contribution in [-0.2, 0) is 27.3 Å². The number of carbonyl (C=O) groups is 1. The van der Waals surface area contributed by atoms with E-state index in [9.17, 15) is 9.90 Å². The van der Waals surface area contributed by atoms with E-state index in [2.05, 4.69) is 37.7 Å². The summed E-state index contributed by atoms with van der Waals surface area (Å²) in [6, 6.07) is 17.7. The molecule has 42 heavy (non-hydrogen) atoms. The number of hydrogen-bond acceptors (Lipinski definition) is 5. The number of ether oxygens (including phenoxy) is 3. The van der Waals surface area contributed by atoms with Gasteiger partial charge in [-0.1, -0.05) is 102 Å². The molecular weight excluding hydrogens is 526 g/mol. The molecule has 0 spiro atoms. The summed E-state index contributed by atoms with van der Waals surface area (Å²) < 4.78 is 17.4. The molecule has 0 saturated carbocycles. The number of fused-ring (bicyclic) bond motifs is 1. The van der Waals surface area contributed by atoms with Gasteiger partial charge in [0, 0.05) is 6.42 Å². The monoisotopic (exact) mass is 579 g/mol. The Kier molecular flexibility index (Phi) is 21.9. The predicted molar refractivity (Wildman–Crippen MR) is 176 cm³/mol. The van der Waals surface area contributed by atoms with Gasteiger partial charge >= 0.3 is 5.97 Å². The first-order valence-electron chi connectivity index (χ1n) is 15.0. The molecule has 1 aliphatic rings. The molecule has 2 aromatic carbocycles. The molecule has 2 aromatic rings. The highest BCUT2D eigenvalue weighted by Gasteiger charge is 2.23. The summed E-state index contributed by atoms with van der Waals surface area (Å²) in [5.41, 5.74) is 3.83. The Morgan fingerprint density at radius 3 is 2.24 bits per heavy atom. The summed E-state index contributed by atoms with van der Waals surface area (Å²) >= 11 is 0.